The monoisotopic (exact) mass is 297 g/mol. The molecule has 0 fully saturated rings. The summed E-state index contributed by atoms with van der Waals surface area (Å²) in [6, 6.07) is 16.5. The van der Waals surface area contributed by atoms with E-state index in [9.17, 15) is 0 Å². The highest BCUT2D eigenvalue weighted by molar-refractivity contribution is 6.33. The molecule has 1 N–H and O–H groups in total. The predicted molar refractivity (Wildman–Crippen MR) is 81.0 cm³/mol. The number of rotatable bonds is 5. The Bertz CT molecular complexity index is 716. The van der Waals surface area contributed by atoms with Crippen molar-refractivity contribution < 1.29 is 4.74 Å². The Morgan fingerprint density at radius 2 is 1.95 bits per heavy atom. The van der Waals surface area contributed by atoms with Crippen LogP contribution in [-0.4, -0.2) is 6.61 Å². The van der Waals surface area contributed by atoms with Crippen LogP contribution in [0.1, 0.15) is 11.1 Å². The first-order valence-electron chi connectivity index (χ1n) is 6.26. The zero-order chi connectivity index (χ0) is 15.1. The Kier molecular flexibility index (Phi) is 5.04. The van der Waals surface area contributed by atoms with E-state index in [1.54, 1.807) is 18.2 Å². The molecule has 2 aromatic carbocycles. The molecule has 0 heterocycles. The molecule has 0 saturated carbocycles. The van der Waals surface area contributed by atoms with Gasteiger partial charge in [0.1, 0.15) is 11.8 Å². The highest BCUT2D eigenvalue weighted by Gasteiger charge is 2.05. The molecule has 0 aliphatic carbocycles. The third-order valence-electron chi connectivity index (χ3n) is 2.83. The molecule has 0 unspecified atom stereocenters. The Morgan fingerprint density at radius 3 is 2.71 bits per heavy atom. The molecule has 0 bridgehead atoms. The van der Waals surface area contributed by atoms with Gasteiger partial charge in [0.2, 0.25) is 0 Å². The van der Waals surface area contributed by atoms with Gasteiger partial charge in [-0.2, -0.15) is 10.5 Å². The van der Waals surface area contributed by atoms with E-state index in [0.717, 1.165) is 5.56 Å². The van der Waals surface area contributed by atoms with Crippen molar-refractivity contribution in [1.82, 2.24) is 0 Å². The quantitative estimate of drug-likeness (QED) is 0.913. The number of benzene rings is 2. The van der Waals surface area contributed by atoms with Crippen LogP contribution >= 0.6 is 11.6 Å². The smallest absolute Gasteiger partial charge is 0.174 e. The fraction of sp³-hybridized carbons (Fsp3) is 0.125. The number of hydrogen-bond donors (Lipinski definition) is 1. The lowest BCUT2D eigenvalue weighted by Gasteiger charge is -2.12. The van der Waals surface area contributed by atoms with Crippen LogP contribution in [0.2, 0.25) is 5.02 Å². The molecule has 104 valence electrons. The minimum atomic E-state index is 0.00167. The standard InChI is InChI=1S/C16H12ClN3O/c17-14-6-5-12(10-19)9-15(14)20-11-13-3-1-2-4-16(13)21-8-7-18/h1-6,9,20H,8,11H2. The molecule has 0 aliphatic rings. The molecule has 2 aromatic rings. The number of nitrogens with zero attached hydrogens (tertiary/aromatic N) is 2. The van der Waals surface area contributed by atoms with E-state index >= 15 is 0 Å². The fourth-order valence-corrected chi connectivity index (χ4v) is 2.01. The van der Waals surface area contributed by atoms with Crippen LogP contribution in [0.4, 0.5) is 5.69 Å². The number of nitriles is 2. The predicted octanol–water partition coefficient (Wildman–Crippen LogP) is 3.73. The van der Waals surface area contributed by atoms with Gasteiger partial charge >= 0.3 is 0 Å². The van der Waals surface area contributed by atoms with Crippen LogP contribution in [0.15, 0.2) is 42.5 Å². The van der Waals surface area contributed by atoms with Crippen LogP contribution in [0, 0.1) is 22.7 Å². The first kappa shape index (κ1) is 14.7. The van der Waals surface area contributed by atoms with Crippen molar-refractivity contribution in [2.24, 2.45) is 0 Å². The SMILES string of the molecule is N#CCOc1ccccc1CNc1cc(C#N)ccc1Cl. The van der Waals surface area contributed by atoms with Gasteiger partial charge in [0.05, 0.1) is 22.3 Å². The van der Waals surface area contributed by atoms with Crippen molar-refractivity contribution in [2.45, 2.75) is 6.54 Å². The van der Waals surface area contributed by atoms with Crippen LogP contribution in [-0.2, 0) is 6.54 Å². The van der Waals surface area contributed by atoms with E-state index in [0.29, 0.717) is 28.6 Å². The molecule has 0 atom stereocenters. The lowest BCUT2D eigenvalue weighted by Crippen LogP contribution is -2.04. The number of halogens is 1. The first-order chi connectivity index (χ1) is 10.2. The van der Waals surface area contributed by atoms with E-state index in [4.69, 9.17) is 26.9 Å². The average molecular weight is 298 g/mol. The zero-order valence-electron chi connectivity index (χ0n) is 11.1. The summed E-state index contributed by atoms with van der Waals surface area (Å²) in [5.41, 5.74) is 2.13. The summed E-state index contributed by atoms with van der Waals surface area (Å²) in [5.74, 6) is 0.652. The third-order valence-corrected chi connectivity index (χ3v) is 3.16. The molecule has 0 aliphatic heterocycles. The summed E-state index contributed by atoms with van der Waals surface area (Å²) in [6.07, 6.45) is 0. The molecule has 21 heavy (non-hydrogen) atoms. The summed E-state index contributed by atoms with van der Waals surface area (Å²) in [4.78, 5) is 0. The Morgan fingerprint density at radius 1 is 1.14 bits per heavy atom. The summed E-state index contributed by atoms with van der Waals surface area (Å²) in [6.45, 7) is 0.484. The first-order valence-corrected chi connectivity index (χ1v) is 6.63. The van der Waals surface area contributed by atoms with Crippen LogP contribution in [0.25, 0.3) is 0 Å². The second-order valence-corrected chi connectivity index (χ2v) is 4.62. The number of para-hydroxylation sites is 1. The van der Waals surface area contributed by atoms with Crippen molar-refractivity contribution in [3.63, 3.8) is 0 Å². The number of anilines is 1. The maximum Gasteiger partial charge on any atom is 0.174 e. The normalized spacial score (nSPS) is 9.48. The van der Waals surface area contributed by atoms with Crippen molar-refractivity contribution in [3.05, 3.63) is 58.6 Å². The largest absolute Gasteiger partial charge is 0.478 e. The Balaban J connectivity index is 2.14. The summed E-state index contributed by atoms with van der Waals surface area (Å²) >= 11 is 6.10. The summed E-state index contributed by atoms with van der Waals surface area (Å²) in [5, 5.41) is 21.2. The number of nitrogens with one attached hydrogen (secondary N) is 1. The van der Waals surface area contributed by atoms with Crippen LogP contribution in [0.5, 0.6) is 5.75 Å². The summed E-state index contributed by atoms with van der Waals surface area (Å²) < 4.78 is 5.36. The molecule has 0 amide bonds. The van der Waals surface area contributed by atoms with E-state index in [-0.39, 0.29) is 6.61 Å². The van der Waals surface area contributed by atoms with Gasteiger partial charge in [0.25, 0.3) is 0 Å². The molecule has 0 aromatic heterocycles. The molecule has 2 rings (SSSR count). The second-order valence-electron chi connectivity index (χ2n) is 4.21. The topological polar surface area (TPSA) is 68.8 Å². The Labute approximate surface area is 128 Å². The zero-order valence-corrected chi connectivity index (χ0v) is 11.9. The molecule has 0 saturated heterocycles. The van der Waals surface area contributed by atoms with Gasteiger partial charge in [-0.05, 0) is 24.3 Å². The molecule has 4 nitrogen and oxygen atoms in total. The van der Waals surface area contributed by atoms with Gasteiger partial charge in [-0.15, -0.1) is 0 Å². The van der Waals surface area contributed by atoms with Crippen molar-refractivity contribution >= 4 is 17.3 Å². The lowest BCUT2D eigenvalue weighted by atomic mass is 10.1. The van der Waals surface area contributed by atoms with Crippen LogP contribution < -0.4 is 10.1 Å². The van der Waals surface area contributed by atoms with Gasteiger partial charge < -0.3 is 10.1 Å². The average Bonchev–Trinajstić information content (AvgIpc) is 2.53. The van der Waals surface area contributed by atoms with Gasteiger partial charge in [-0.1, -0.05) is 29.8 Å². The van der Waals surface area contributed by atoms with Gasteiger partial charge in [-0.25, -0.2) is 0 Å². The van der Waals surface area contributed by atoms with Crippen molar-refractivity contribution in [2.75, 3.05) is 11.9 Å². The maximum absolute atomic E-state index is 8.91. The summed E-state index contributed by atoms with van der Waals surface area (Å²) in [7, 11) is 0. The third kappa shape index (κ3) is 3.89. The number of hydrogen-bond acceptors (Lipinski definition) is 4. The lowest BCUT2D eigenvalue weighted by molar-refractivity contribution is 0.364. The second kappa shape index (κ2) is 7.19. The fourth-order valence-electron chi connectivity index (χ4n) is 1.82. The molecular weight excluding hydrogens is 286 g/mol. The molecule has 0 spiro atoms. The van der Waals surface area contributed by atoms with Gasteiger partial charge in [0.15, 0.2) is 6.61 Å². The van der Waals surface area contributed by atoms with Gasteiger partial charge in [0, 0.05) is 12.1 Å². The highest BCUT2D eigenvalue weighted by Crippen LogP contribution is 2.25. The maximum atomic E-state index is 8.91. The van der Waals surface area contributed by atoms with E-state index in [1.165, 1.54) is 0 Å². The van der Waals surface area contributed by atoms with Crippen LogP contribution in [0.3, 0.4) is 0 Å². The minimum Gasteiger partial charge on any atom is -0.478 e. The van der Waals surface area contributed by atoms with E-state index < -0.39 is 0 Å². The highest BCUT2D eigenvalue weighted by atomic mass is 35.5. The van der Waals surface area contributed by atoms with E-state index in [1.807, 2.05) is 30.3 Å². The molecule has 5 heteroatoms. The van der Waals surface area contributed by atoms with E-state index in [2.05, 4.69) is 11.4 Å². The minimum absolute atomic E-state index is 0.00167. The van der Waals surface area contributed by atoms with Gasteiger partial charge in [-0.3, -0.25) is 0 Å². The molecular formula is C16H12ClN3O. The number of ether oxygens (including phenoxy) is 1. The molecule has 0 radical (unpaired) electrons. The Hall–Kier alpha value is -2.69. The van der Waals surface area contributed by atoms with Crippen molar-refractivity contribution in [3.8, 4) is 17.9 Å². The van der Waals surface area contributed by atoms with Crippen molar-refractivity contribution in [1.29, 1.82) is 10.5 Å².